The molecular formula is C16H24O8. The van der Waals surface area contributed by atoms with E-state index in [-0.39, 0.29) is 45.0 Å². The number of esters is 2. The van der Waals surface area contributed by atoms with Gasteiger partial charge in [-0.15, -0.1) is 0 Å². The van der Waals surface area contributed by atoms with Gasteiger partial charge in [-0.05, 0) is 6.92 Å². The molecule has 0 N–H and O–H groups in total. The van der Waals surface area contributed by atoms with Crippen molar-refractivity contribution in [1.82, 2.24) is 0 Å². The number of hydrogen-bond donors (Lipinski definition) is 0. The lowest BCUT2D eigenvalue weighted by Gasteiger charge is -2.21. The summed E-state index contributed by atoms with van der Waals surface area (Å²) in [6.45, 7) is 10.6. The third kappa shape index (κ3) is 8.78. The summed E-state index contributed by atoms with van der Waals surface area (Å²) in [5.41, 5.74) is 0.397. The molecule has 0 spiro atoms. The van der Waals surface area contributed by atoms with Gasteiger partial charge in [0.15, 0.2) is 0 Å². The van der Waals surface area contributed by atoms with E-state index in [0.717, 1.165) is 12.5 Å². The Morgan fingerprint density at radius 1 is 1.12 bits per heavy atom. The molecule has 2 saturated heterocycles. The van der Waals surface area contributed by atoms with Crippen LogP contribution in [0.5, 0.6) is 0 Å². The molecule has 2 aliphatic rings. The molecule has 2 fully saturated rings. The Hall–Kier alpha value is -1.74. The fraction of sp³-hybridized carbons (Fsp3) is 0.625. The Balaban J connectivity index is 0.000000240. The zero-order chi connectivity index (χ0) is 17.8. The summed E-state index contributed by atoms with van der Waals surface area (Å²) >= 11 is 0. The molecule has 0 bridgehead atoms. The number of carbonyl (C=O) groups is 2. The van der Waals surface area contributed by atoms with E-state index < -0.39 is 5.97 Å². The molecule has 0 aromatic heterocycles. The summed E-state index contributed by atoms with van der Waals surface area (Å²) in [4.78, 5) is 21.5. The monoisotopic (exact) mass is 344 g/mol. The Morgan fingerprint density at radius 3 is 2.33 bits per heavy atom. The van der Waals surface area contributed by atoms with E-state index in [1.807, 2.05) is 0 Å². The predicted molar refractivity (Wildman–Crippen MR) is 82.9 cm³/mol. The number of rotatable bonds is 6. The average Bonchev–Trinajstić information content (AvgIpc) is 3.12. The largest absolute Gasteiger partial charge is 0.460 e. The van der Waals surface area contributed by atoms with E-state index in [2.05, 4.69) is 13.2 Å². The first-order chi connectivity index (χ1) is 11.5. The van der Waals surface area contributed by atoms with Crippen molar-refractivity contribution in [2.24, 2.45) is 0 Å². The summed E-state index contributed by atoms with van der Waals surface area (Å²) in [6, 6.07) is 0. The number of hydrogen-bond acceptors (Lipinski definition) is 8. The van der Waals surface area contributed by atoms with E-state index in [0.29, 0.717) is 18.8 Å². The highest BCUT2D eigenvalue weighted by molar-refractivity contribution is 5.86. The summed E-state index contributed by atoms with van der Waals surface area (Å²) in [6.07, 6.45) is 1.76. The first-order valence-electron chi connectivity index (χ1n) is 7.53. The lowest BCUT2D eigenvalue weighted by atomic mass is 10.3. The second kappa shape index (κ2) is 11.7. The van der Waals surface area contributed by atoms with Crippen LogP contribution in [0, 0.1) is 0 Å². The van der Waals surface area contributed by atoms with Gasteiger partial charge in [0.2, 0.25) is 0 Å². The second-order valence-electron chi connectivity index (χ2n) is 5.09. The topological polar surface area (TPSA) is 89.5 Å². The number of ether oxygens (including phenoxy) is 6. The zero-order valence-corrected chi connectivity index (χ0v) is 13.9. The van der Waals surface area contributed by atoms with Crippen molar-refractivity contribution in [3.8, 4) is 0 Å². The molecule has 2 heterocycles. The smallest absolute Gasteiger partial charge is 0.333 e. The van der Waals surface area contributed by atoms with Crippen molar-refractivity contribution >= 4 is 11.9 Å². The van der Waals surface area contributed by atoms with Gasteiger partial charge in [0.05, 0.1) is 19.3 Å². The van der Waals surface area contributed by atoms with Gasteiger partial charge in [0, 0.05) is 18.1 Å². The van der Waals surface area contributed by atoms with Gasteiger partial charge in [-0.2, -0.15) is 0 Å². The van der Waals surface area contributed by atoms with Crippen LogP contribution in [-0.2, 0) is 38.0 Å². The lowest BCUT2D eigenvalue weighted by Crippen LogP contribution is -2.28. The fourth-order valence-electron chi connectivity index (χ4n) is 1.63. The maximum absolute atomic E-state index is 10.9. The van der Waals surface area contributed by atoms with Crippen LogP contribution < -0.4 is 0 Å². The first kappa shape index (κ1) is 20.3. The Morgan fingerprint density at radius 2 is 1.79 bits per heavy atom. The van der Waals surface area contributed by atoms with E-state index in [9.17, 15) is 9.59 Å². The molecule has 0 aliphatic carbocycles. The Kier molecular flexibility index (Phi) is 9.94. The average molecular weight is 344 g/mol. The van der Waals surface area contributed by atoms with Crippen LogP contribution >= 0.6 is 0 Å². The van der Waals surface area contributed by atoms with Gasteiger partial charge < -0.3 is 28.4 Å². The van der Waals surface area contributed by atoms with E-state index >= 15 is 0 Å². The molecule has 2 unspecified atom stereocenters. The maximum Gasteiger partial charge on any atom is 0.333 e. The molecule has 2 rings (SSSR count). The van der Waals surface area contributed by atoms with Crippen LogP contribution in [0.1, 0.15) is 13.3 Å². The predicted octanol–water partition coefficient (Wildman–Crippen LogP) is 0.957. The molecule has 0 radical (unpaired) electrons. The minimum absolute atomic E-state index is 0.0253. The van der Waals surface area contributed by atoms with Gasteiger partial charge in [-0.25, -0.2) is 9.59 Å². The minimum Gasteiger partial charge on any atom is -0.460 e. The SMILES string of the molecule is C=C(C)C(=O)OCC1COCO1.C=CC(=O)OCC1CCOCO1. The molecule has 0 amide bonds. The highest BCUT2D eigenvalue weighted by Crippen LogP contribution is 2.06. The summed E-state index contributed by atoms with van der Waals surface area (Å²) in [5, 5.41) is 0. The second-order valence-corrected chi connectivity index (χ2v) is 5.09. The third-order valence-corrected chi connectivity index (χ3v) is 2.99. The van der Waals surface area contributed by atoms with E-state index in [1.165, 1.54) is 0 Å². The molecule has 0 aromatic carbocycles. The van der Waals surface area contributed by atoms with Crippen molar-refractivity contribution < 1.29 is 38.0 Å². The standard InChI is InChI=1S/2C8H12O4/c1-6(2)8(9)11-4-7-3-10-5-12-7;1-2-8(9)11-5-7-3-4-10-6-12-7/h7H,1,3-5H2,2H3;2,7H,1,3-6H2. The maximum atomic E-state index is 10.9. The molecule has 8 heteroatoms. The van der Waals surface area contributed by atoms with E-state index in [4.69, 9.17) is 28.4 Å². The molecule has 0 aromatic rings. The van der Waals surface area contributed by atoms with Gasteiger partial charge in [-0.1, -0.05) is 13.2 Å². The quantitative estimate of drug-likeness (QED) is 0.520. The number of carbonyl (C=O) groups excluding carboxylic acids is 2. The Labute approximate surface area is 141 Å². The first-order valence-corrected chi connectivity index (χ1v) is 7.53. The Bertz CT molecular complexity index is 422. The highest BCUT2D eigenvalue weighted by atomic mass is 16.7. The molecule has 2 atom stereocenters. The van der Waals surface area contributed by atoms with Gasteiger partial charge in [0.1, 0.15) is 32.9 Å². The summed E-state index contributed by atoms with van der Waals surface area (Å²) < 4.78 is 29.7. The van der Waals surface area contributed by atoms with E-state index in [1.54, 1.807) is 6.92 Å². The van der Waals surface area contributed by atoms with Crippen molar-refractivity contribution in [1.29, 1.82) is 0 Å². The van der Waals surface area contributed by atoms with Crippen LogP contribution in [0.2, 0.25) is 0 Å². The lowest BCUT2D eigenvalue weighted by molar-refractivity contribution is -0.166. The van der Waals surface area contributed by atoms with Crippen LogP contribution in [0.15, 0.2) is 24.8 Å². The molecule has 24 heavy (non-hydrogen) atoms. The summed E-state index contributed by atoms with van der Waals surface area (Å²) in [5.74, 6) is -0.796. The van der Waals surface area contributed by atoms with Crippen LogP contribution in [0.25, 0.3) is 0 Å². The zero-order valence-electron chi connectivity index (χ0n) is 13.9. The van der Waals surface area contributed by atoms with Crippen molar-refractivity contribution in [3.05, 3.63) is 24.8 Å². The highest BCUT2D eigenvalue weighted by Gasteiger charge is 2.18. The third-order valence-electron chi connectivity index (χ3n) is 2.99. The van der Waals surface area contributed by atoms with Crippen LogP contribution in [0.3, 0.4) is 0 Å². The summed E-state index contributed by atoms with van der Waals surface area (Å²) in [7, 11) is 0. The van der Waals surface area contributed by atoms with Crippen molar-refractivity contribution in [2.75, 3.05) is 40.0 Å². The van der Waals surface area contributed by atoms with Gasteiger partial charge in [0.25, 0.3) is 0 Å². The normalized spacial score (nSPS) is 22.7. The van der Waals surface area contributed by atoms with Crippen molar-refractivity contribution in [2.45, 2.75) is 25.6 Å². The molecular weight excluding hydrogens is 320 g/mol. The molecule has 2 aliphatic heterocycles. The molecule has 8 nitrogen and oxygen atoms in total. The van der Waals surface area contributed by atoms with Crippen LogP contribution in [-0.4, -0.2) is 64.2 Å². The molecule has 0 saturated carbocycles. The van der Waals surface area contributed by atoms with Crippen molar-refractivity contribution in [3.63, 3.8) is 0 Å². The van der Waals surface area contributed by atoms with Crippen LogP contribution in [0.4, 0.5) is 0 Å². The fourth-order valence-corrected chi connectivity index (χ4v) is 1.63. The van der Waals surface area contributed by atoms with Gasteiger partial charge >= 0.3 is 11.9 Å². The molecule has 136 valence electrons. The minimum atomic E-state index is -0.412. The van der Waals surface area contributed by atoms with Gasteiger partial charge in [-0.3, -0.25) is 0 Å².